The standard InChI is InChI=1S/C15H16N6O/c16-13(17)21(14(18)19)15(22)20(11-7-3-1-4-8-11)12-9-5-2-6-10-12/h1-10H,(H3,16,17)(H3,18,19). The van der Waals surface area contributed by atoms with E-state index in [4.69, 9.17) is 22.3 Å². The number of nitrogens with one attached hydrogen (secondary N) is 2. The summed E-state index contributed by atoms with van der Waals surface area (Å²) in [5.41, 5.74) is 11.9. The number of guanidine groups is 2. The number of rotatable bonds is 2. The summed E-state index contributed by atoms with van der Waals surface area (Å²) in [6, 6.07) is 17.0. The molecule has 0 aromatic heterocycles. The smallest absolute Gasteiger partial charge is 0.342 e. The van der Waals surface area contributed by atoms with E-state index in [-0.39, 0.29) is 0 Å². The second-order valence-electron chi connectivity index (χ2n) is 4.39. The first-order chi connectivity index (χ1) is 10.5. The molecular weight excluding hydrogens is 280 g/mol. The Morgan fingerprint density at radius 3 is 1.45 bits per heavy atom. The van der Waals surface area contributed by atoms with E-state index in [1.807, 2.05) is 12.1 Å². The van der Waals surface area contributed by atoms with Gasteiger partial charge in [0.25, 0.3) is 0 Å². The Kier molecular flexibility index (Phi) is 4.38. The summed E-state index contributed by atoms with van der Waals surface area (Å²) in [6.07, 6.45) is 0. The third-order valence-electron chi connectivity index (χ3n) is 2.89. The van der Waals surface area contributed by atoms with Crippen molar-refractivity contribution in [3.63, 3.8) is 0 Å². The minimum atomic E-state index is -0.697. The molecule has 0 saturated carbocycles. The molecule has 0 bridgehead atoms. The monoisotopic (exact) mass is 296 g/mol. The molecule has 0 fully saturated rings. The number of urea groups is 1. The Bertz CT molecular complexity index is 632. The maximum atomic E-state index is 12.7. The summed E-state index contributed by atoms with van der Waals surface area (Å²) in [5.74, 6) is -1.23. The van der Waals surface area contributed by atoms with E-state index in [1.165, 1.54) is 4.90 Å². The average molecular weight is 296 g/mol. The first-order valence-corrected chi connectivity index (χ1v) is 6.44. The first kappa shape index (κ1) is 15.0. The topological polar surface area (TPSA) is 123 Å². The molecule has 0 radical (unpaired) electrons. The molecule has 2 aromatic rings. The van der Waals surface area contributed by atoms with Crippen LogP contribution >= 0.6 is 0 Å². The highest BCUT2D eigenvalue weighted by Crippen LogP contribution is 2.26. The van der Waals surface area contributed by atoms with Crippen LogP contribution in [0, 0.1) is 10.8 Å². The molecule has 2 rings (SSSR count). The highest BCUT2D eigenvalue weighted by Gasteiger charge is 2.27. The predicted molar refractivity (Wildman–Crippen MR) is 86.1 cm³/mol. The molecule has 0 atom stereocenters. The highest BCUT2D eigenvalue weighted by molar-refractivity contribution is 6.16. The zero-order valence-corrected chi connectivity index (χ0v) is 11.7. The Labute approximate surface area is 127 Å². The Hall–Kier alpha value is -3.35. The molecule has 0 aliphatic rings. The molecule has 2 amide bonds. The molecule has 0 aliphatic carbocycles. The van der Waals surface area contributed by atoms with Crippen LogP contribution in [-0.4, -0.2) is 22.9 Å². The van der Waals surface area contributed by atoms with E-state index in [0.717, 1.165) is 0 Å². The number of nitrogens with two attached hydrogens (primary N) is 2. The summed E-state index contributed by atoms with van der Waals surface area (Å²) in [6.45, 7) is 0. The van der Waals surface area contributed by atoms with Crippen molar-refractivity contribution in [1.29, 1.82) is 10.8 Å². The molecule has 7 heteroatoms. The van der Waals surface area contributed by atoms with Crippen LogP contribution in [0.4, 0.5) is 16.2 Å². The Balaban J connectivity index is 2.52. The van der Waals surface area contributed by atoms with Crippen molar-refractivity contribution in [2.24, 2.45) is 11.5 Å². The molecule has 0 heterocycles. The SMILES string of the molecule is N=C(N)N(C(=N)N)C(=O)N(c1ccccc1)c1ccccc1. The summed E-state index contributed by atoms with van der Waals surface area (Å²) >= 11 is 0. The van der Waals surface area contributed by atoms with Crippen LogP contribution in [0.25, 0.3) is 0 Å². The van der Waals surface area contributed by atoms with Crippen molar-refractivity contribution in [1.82, 2.24) is 4.90 Å². The van der Waals surface area contributed by atoms with Gasteiger partial charge in [-0.1, -0.05) is 36.4 Å². The predicted octanol–water partition coefficient (Wildman–Crippen LogP) is 2.03. The number of carbonyl (C=O) groups excluding carboxylic acids is 1. The number of hydrogen-bond donors (Lipinski definition) is 4. The van der Waals surface area contributed by atoms with Gasteiger partial charge in [-0.25, -0.2) is 9.69 Å². The van der Waals surface area contributed by atoms with Gasteiger partial charge in [-0.05, 0) is 24.3 Å². The van der Waals surface area contributed by atoms with Crippen LogP contribution in [0.2, 0.25) is 0 Å². The van der Waals surface area contributed by atoms with Crippen molar-refractivity contribution in [3.05, 3.63) is 60.7 Å². The van der Waals surface area contributed by atoms with Gasteiger partial charge in [-0.15, -0.1) is 0 Å². The number of hydrogen-bond acceptors (Lipinski definition) is 3. The maximum Gasteiger partial charge on any atom is 0.342 e. The normalized spacial score (nSPS) is 9.82. The van der Waals surface area contributed by atoms with E-state index in [2.05, 4.69) is 0 Å². The van der Waals surface area contributed by atoms with Crippen molar-refractivity contribution in [3.8, 4) is 0 Å². The summed E-state index contributed by atoms with van der Waals surface area (Å²) < 4.78 is 0. The lowest BCUT2D eigenvalue weighted by Crippen LogP contribution is -2.53. The second-order valence-corrected chi connectivity index (χ2v) is 4.39. The zero-order valence-electron chi connectivity index (χ0n) is 11.7. The van der Waals surface area contributed by atoms with Gasteiger partial charge in [0.15, 0.2) is 0 Å². The molecule has 22 heavy (non-hydrogen) atoms. The number of benzene rings is 2. The molecule has 0 spiro atoms. The third kappa shape index (κ3) is 3.04. The maximum absolute atomic E-state index is 12.7. The molecule has 0 aliphatic heterocycles. The van der Waals surface area contributed by atoms with Crippen molar-refractivity contribution in [2.75, 3.05) is 4.90 Å². The fourth-order valence-corrected chi connectivity index (χ4v) is 1.96. The molecule has 0 saturated heterocycles. The third-order valence-corrected chi connectivity index (χ3v) is 2.89. The summed E-state index contributed by atoms with van der Waals surface area (Å²) in [5, 5.41) is 14.9. The van der Waals surface area contributed by atoms with Crippen LogP contribution in [0.3, 0.4) is 0 Å². The first-order valence-electron chi connectivity index (χ1n) is 6.44. The zero-order chi connectivity index (χ0) is 16.1. The molecular formula is C15H16N6O. The van der Waals surface area contributed by atoms with E-state index in [9.17, 15) is 4.79 Å². The fourth-order valence-electron chi connectivity index (χ4n) is 1.96. The second kappa shape index (κ2) is 6.40. The lowest BCUT2D eigenvalue weighted by atomic mass is 10.2. The van der Waals surface area contributed by atoms with E-state index >= 15 is 0 Å². The molecule has 0 unspecified atom stereocenters. The quantitative estimate of drug-likeness (QED) is 0.500. The number of amides is 2. The summed E-state index contributed by atoms with van der Waals surface area (Å²) in [4.78, 5) is 14.7. The van der Waals surface area contributed by atoms with Gasteiger partial charge in [0, 0.05) is 0 Å². The van der Waals surface area contributed by atoms with Crippen molar-refractivity contribution in [2.45, 2.75) is 0 Å². The number of anilines is 2. The molecule has 7 nitrogen and oxygen atoms in total. The Morgan fingerprint density at radius 1 is 0.773 bits per heavy atom. The van der Waals surface area contributed by atoms with Crippen molar-refractivity contribution < 1.29 is 4.79 Å². The van der Waals surface area contributed by atoms with Crippen LogP contribution in [-0.2, 0) is 0 Å². The fraction of sp³-hybridized carbons (Fsp3) is 0. The van der Waals surface area contributed by atoms with E-state index < -0.39 is 18.0 Å². The van der Waals surface area contributed by atoms with Crippen LogP contribution in [0.1, 0.15) is 0 Å². The summed E-state index contributed by atoms with van der Waals surface area (Å²) in [7, 11) is 0. The molecule has 112 valence electrons. The van der Waals surface area contributed by atoms with Gasteiger partial charge in [0.05, 0.1) is 11.4 Å². The minimum Gasteiger partial charge on any atom is -0.369 e. The molecule has 6 N–H and O–H groups in total. The van der Waals surface area contributed by atoms with E-state index in [0.29, 0.717) is 16.3 Å². The minimum absolute atomic E-state index is 0.575. The largest absolute Gasteiger partial charge is 0.369 e. The van der Waals surface area contributed by atoms with Gasteiger partial charge in [-0.2, -0.15) is 0 Å². The van der Waals surface area contributed by atoms with Crippen LogP contribution in [0.5, 0.6) is 0 Å². The average Bonchev–Trinajstić information content (AvgIpc) is 2.49. The lowest BCUT2D eigenvalue weighted by Gasteiger charge is -2.28. The lowest BCUT2D eigenvalue weighted by molar-refractivity contribution is 0.240. The van der Waals surface area contributed by atoms with Gasteiger partial charge in [0.1, 0.15) is 0 Å². The van der Waals surface area contributed by atoms with Gasteiger partial charge in [-0.3, -0.25) is 15.7 Å². The Morgan fingerprint density at radius 2 is 1.14 bits per heavy atom. The number of para-hydroxylation sites is 2. The highest BCUT2D eigenvalue weighted by atomic mass is 16.2. The van der Waals surface area contributed by atoms with E-state index in [1.54, 1.807) is 48.5 Å². The number of carbonyl (C=O) groups is 1. The van der Waals surface area contributed by atoms with Crippen LogP contribution in [0.15, 0.2) is 60.7 Å². The van der Waals surface area contributed by atoms with Crippen LogP contribution < -0.4 is 16.4 Å². The van der Waals surface area contributed by atoms with Gasteiger partial charge < -0.3 is 11.5 Å². The van der Waals surface area contributed by atoms with Gasteiger partial charge >= 0.3 is 6.03 Å². The number of nitrogens with zero attached hydrogens (tertiary/aromatic N) is 2. The van der Waals surface area contributed by atoms with Gasteiger partial charge in [0.2, 0.25) is 11.9 Å². The molecule has 2 aromatic carbocycles. The van der Waals surface area contributed by atoms with Crippen molar-refractivity contribution >= 4 is 29.3 Å².